The van der Waals surface area contributed by atoms with Gasteiger partial charge in [-0.3, -0.25) is 0 Å². The first-order chi connectivity index (χ1) is 13.2. The number of halogens is 1. The summed E-state index contributed by atoms with van der Waals surface area (Å²) >= 11 is 6.21. The third-order valence-electron chi connectivity index (χ3n) is 4.64. The molecule has 3 rings (SSSR count). The van der Waals surface area contributed by atoms with Gasteiger partial charge in [0.05, 0.1) is 23.9 Å². The number of unbranched alkanes of at least 4 members (excludes halogenated alkanes) is 1. The Bertz CT molecular complexity index is 958. The van der Waals surface area contributed by atoms with Crippen LogP contribution in [0.1, 0.15) is 42.4 Å². The Morgan fingerprint density at radius 3 is 2.63 bits per heavy atom. The number of rotatable bonds is 7. The first-order valence-corrected chi connectivity index (χ1v) is 9.48. The number of nitriles is 1. The van der Waals surface area contributed by atoms with Crippen molar-refractivity contribution in [3.05, 3.63) is 76.3 Å². The SMILES string of the molecule is CCCCc1nc(Cl)c(CO)n1Cc1ccc(-c2ccccc2)c(C#N)c1. The maximum Gasteiger partial charge on any atom is 0.152 e. The van der Waals surface area contributed by atoms with Crippen molar-refractivity contribution >= 4 is 11.6 Å². The molecule has 1 N–H and O–H groups in total. The molecular weight excluding hydrogens is 358 g/mol. The van der Waals surface area contributed by atoms with E-state index in [1.807, 2.05) is 53.1 Å². The number of benzene rings is 2. The average molecular weight is 380 g/mol. The summed E-state index contributed by atoms with van der Waals surface area (Å²) in [6.07, 6.45) is 2.88. The van der Waals surface area contributed by atoms with E-state index in [1.165, 1.54) is 0 Å². The van der Waals surface area contributed by atoms with Crippen molar-refractivity contribution in [3.63, 3.8) is 0 Å². The molecule has 27 heavy (non-hydrogen) atoms. The van der Waals surface area contributed by atoms with Gasteiger partial charge in [0, 0.05) is 13.0 Å². The zero-order chi connectivity index (χ0) is 19.2. The summed E-state index contributed by atoms with van der Waals surface area (Å²) in [4.78, 5) is 4.43. The molecule has 0 aliphatic rings. The number of aliphatic hydroxyl groups excluding tert-OH is 1. The monoisotopic (exact) mass is 379 g/mol. The van der Waals surface area contributed by atoms with Gasteiger partial charge in [0.2, 0.25) is 0 Å². The molecule has 5 heteroatoms. The maximum absolute atomic E-state index is 9.71. The highest BCUT2D eigenvalue weighted by Crippen LogP contribution is 2.26. The number of aromatic nitrogens is 2. The Morgan fingerprint density at radius 1 is 1.19 bits per heavy atom. The van der Waals surface area contributed by atoms with E-state index in [0.717, 1.165) is 41.8 Å². The maximum atomic E-state index is 9.71. The van der Waals surface area contributed by atoms with Crippen LogP contribution in [0.2, 0.25) is 5.15 Å². The van der Waals surface area contributed by atoms with Crippen LogP contribution in [0.25, 0.3) is 11.1 Å². The molecule has 2 aromatic carbocycles. The second-order valence-electron chi connectivity index (χ2n) is 6.47. The number of imidazole rings is 1. The fourth-order valence-electron chi connectivity index (χ4n) is 3.20. The highest BCUT2D eigenvalue weighted by molar-refractivity contribution is 6.30. The molecule has 0 saturated heterocycles. The molecule has 138 valence electrons. The van der Waals surface area contributed by atoms with Gasteiger partial charge in [0.25, 0.3) is 0 Å². The van der Waals surface area contributed by atoms with Crippen LogP contribution in [0, 0.1) is 11.3 Å². The minimum absolute atomic E-state index is 0.162. The molecular formula is C22H22ClN3O. The predicted octanol–water partition coefficient (Wildman–Crippen LogP) is 4.96. The quantitative estimate of drug-likeness (QED) is 0.631. The molecule has 4 nitrogen and oxygen atoms in total. The van der Waals surface area contributed by atoms with Gasteiger partial charge in [0.15, 0.2) is 5.15 Å². The van der Waals surface area contributed by atoms with E-state index in [-0.39, 0.29) is 6.61 Å². The smallest absolute Gasteiger partial charge is 0.152 e. The standard InChI is InChI=1S/C22H22ClN3O/c1-2-3-9-21-25-22(23)20(15-27)26(21)14-16-10-11-19(18(12-16)13-24)17-7-5-4-6-8-17/h4-8,10-12,27H,2-3,9,14-15H2,1H3. The zero-order valence-electron chi connectivity index (χ0n) is 15.3. The fourth-order valence-corrected chi connectivity index (χ4v) is 3.46. The first kappa shape index (κ1) is 19.2. The van der Waals surface area contributed by atoms with Gasteiger partial charge < -0.3 is 9.67 Å². The van der Waals surface area contributed by atoms with E-state index in [9.17, 15) is 10.4 Å². The Kier molecular flexibility index (Phi) is 6.28. The summed E-state index contributed by atoms with van der Waals surface area (Å²) in [6, 6.07) is 18.1. The Balaban J connectivity index is 1.96. The van der Waals surface area contributed by atoms with Crippen molar-refractivity contribution in [2.24, 2.45) is 0 Å². The van der Waals surface area contributed by atoms with E-state index in [0.29, 0.717) is 23.0 Å². The second kappa shape index (κ2) is 8.85. The minimum atomic E-state index is -0.162. The number of hydrogen-bond donors (Lipinski definition) is 1. The molecule has 0 fully saturated rings. The zero-order valence-corrected chi connectivity index (χ0v) is 16.1. The molecule has 1 aromatic heterocycles. The fraction of sp³-hybridized carbons (Fsp3) is 0.273. The van der Waals surface area contributed by atoms with Gasteiger partial charge in [-0.15, -0.1) is 0 Å². The Hall–Kier alpha value is -2.61. The van der Waals surface area contributed by atoms with Crippen molar-refractivity contribution in [2.75, 3.05) is 0 Å². The summed E-state index contributed by atoms with van der Waals surface area (Å²) in [5.41, 5.74) is 4.16. The third kappa shape index (κ3) is 4.21. The van der Waals surface area contributed by atoms with Crippen LogP contribution in [0.4, 0.5) is 0 Å². The molecule has 0 radical (unpaired) electrons. The number of hydrogen-bond acceptors (Lipinski definition) is 3. The number of aryl methyl sites for hydroxylation is 1. The van der Waals surface area contributed by atoms with E-state index in [1.54, 1.807) is 0 Å². The van der Waals surface area contributed by atoms with Crippen LogP contribution in [-0.4, -0.2) is 14.7 Å². The molecule has 0 atom stereocenters. The molecule has 0 aliphatic heterocycles. The summed E-state index contributed by atoms with van der Waals surface area (Å²) < 4.78 is 1.97. The van der Waals surface area contributed by atoms with Crippen LogP contribution in [0.5, 0.6) is 0 Å². The molecule has 0 bridgehead atoms. The first-order valence-electron chi connectivity index (χ1n) is 9.11. The van der Waals surface area contributed by atoms with Crippen LogP contribution in [-0.2, 0) is 19.6 Å². The van der Waals surface area contributed by atoms with E-state index in [2.05, 4.69) is 18.0 Å². The van der Waals surface area contributed by atoms with Gasteiger partial charge in [0.1, 0.15) is 5.82 Å². The summed E-state index contributed by atoms with van der Waals surface area (Å²) in [5.74, 6) is 0.872. The van der Waals surface area contributed by atoms with Crippen molar-refractivity contribution in [1.82, 2.24) is 9.55 Å². The lowest BCUT2D eigenvalue weighted by Crippen LogP contribution is -2.09. The molecule has 0 aliphatic carbocycles. The number of aliphatic hydroxyl groups is 1. The van der Waals surface area contributed by atoms with Gasteiger partial charge in [-0.2, -0.15) is 5.26 Å². The van der Waals surface area contributed by atoms with Crippen molar-refractivity contribution in [3.8, 4) is 17.2 Å². The molecule has 0 amide bonds. The van der Waals surface area contributed by atoms with Gasteiger partial charge in [-0.25, -0.2) is 4.98 Å². The second-order valence-corrected chi connectivity index (χ2v) is 6.83. The summed E-state index contributed by atoms with van der Waals surface area (Å²) in [7, 11) is 0. The predicted molar refractivity (Wildman–Crippen MR) is 107 cm³/mol. The molecule has 3 aromatic rings. The van der Waals surface area contributed by atoms with Crippen LogP contribution < -0.4 is 0 Å². The molecule has 1 heterocycles. The summed E-state index contributed by atoms with van der Waals surface area (Å²) in [6.45, 7) is 2.49. The van der Waals surface area contributed by atoms with Crippen molar-refractivity contribution < 1.29 is 5.11 Å². The van der Waals surface area contributed by atoms with Crippen LogP contribution in [0.15, 0.2) is 48.5 Å². The topological polar surface area (TPSA) is 61.8 Å². The van der Waals surface area contributed by atoms with E-state index in [4.69, 9.17) is 11.6 Å². The van der Waals surface area contributed by atoms with E-state index < -0.39 is 0 Å². The Morgan fingerprint density at radius 2 is 1.96 bits per heavy atom. The lowest BCUT2D eigenvalue weighted by Gasteiger charge is -2.13. The Labute approximate surface area is 164 Å². The van der Waals surface area contributed by atoms with Gasteiger partial charge >= 0.3 is 0 Å². The van der Waals surface area contributed by atoms with Gasteiger partial charge in [-0.1, -0.05) is 67.4 Å². The minimum Gasteiger partial charge on any atom is -0.390 e. The lowest BCUT2D eigenvalue weighted by molar-refractivity contribution is 0.271. The normalized spacial score (nSPS) is 10.7. The molecule has 0 spiro atoms. The number of nitrogens with zero attached hydrogens (tertiary/aromatic N) is 3. The average Bonchev–Trinajstić information content (AvgIpc) is 3.01. The largest absolute Gasteiger partial charge is 0.390 e. The molecule has 0 saturated carbocycles. The molecule has 0 unspecified atom stereocenters. The van der Waals surface area contributed by atoms with Crippen LogP contribution in [0.3, 0.4) is 0 Å². The highest BCUT2D eigenvalue weighted by Gasteiger charge is 2.16. The van der Waals surface area contributed by atoms with Crippen molar-refractivity contribution in [1.29, 1.82) is 5.26 Å². The third-order valence-corrected chi connectivity index (χ3v) is 4.94. The van der Waals surface area contributed by atoms with Gasteiger partial charge in [-0.05, 0) is 29.2 Å². The highest BCUT2D eigenvalue weighted by atomic mass is 35.5. The van der Waals surface area contributed by atoms with Crippen molar-refractivity contribution in [2.45, 2.75) is 39.3 Å². The summed E-state index contributed by atoms with van der Waals surface area (Å²) in [5, 5.41) is 19.7. The van der Waals surface area contributed by atoms with Crippen LogP contribution >= 0.6 is 11.6 Å². The lowest BCUT2D eigenvalue weighted by atomic mass is 9.98. The van der Waals surface area contributed by atoms with E-state index >= 15 is 0 Å².